The lowest BCUT2D eigenvalue weighted by atomic mass is 10.4. The van der Waals surface area contributed by atoms with Gasteiger partial charge in [0.05, 0.1) is 18.1 Å². The van der Waals surface area contributed by atoms with Crippen LogP contribution in [-0.4, -0.2) is 29.6 Å². The van der Waals surface area contributed by atoms with E-state index in [2.05, 4.69) is 34.2 Å². The number of rotatable bonds is 6. The molecule has 1 aromatic heterocycles. The molecule has 0 saturated heterocycles. The van der Waals surface area contributed by atoms with E-state index in [1.807, 2.05) is 12.4 Å². The van der Waals surface area contributed by atoms with Crippen molar-refractivity contribution < 1.29 is 0 Å². The normalized spacial score (nSPS) is 15.1. The molecule has 0 aromatic carbocycles. The molecule has 1 aromatic rings. The van der Waals surface area contributed by atoms with Crippen molar-refractivity contribution in [1.29, 1.82) is 0 Å². The molecule has 1 aliphatic rings. The van der Waals surface area contributed by atoms with Crippen LogP contribution < -0.4 is 10.2 Å². The third-order valence-electron chi connectivity index (χ3n) is 2.79. The largest absolute Gasteiger partial charge is 0.358 e. The molecular weight excluding hydrogens is 200 g/mol. The highest BCUT2D eigenvalue weighted by Gasteiger charge is 2.20. The maximum Gasteiger partial charge on any atom is 0.146 e. The van der Waals surface area contributed by atoms with Gasteiger partial charge in [0.25, 0.3) is 0 Å². The van der Waals surface area contributed by atoms with Crippen LogP contribution in [0.2, 0.25) is 0 Å². The Morgan fingerprint density at radius 2 is 2.19 bits per heavy atom. The SMILES string of the molecule is CCCN(C)c1cnc(CNC2CC2)cn1. The summed E-state index contributed by atoms with van der Waals surface area (Å²) in [5.74, 6) is 0.956. The predicted molar refractivity (Wildman–Crippen MR) is 65.5 cm³/mol. The van der Waals surface area contributed by atoms with Crippen LogP contribution in [0.4, 0.5) is 5.82 Å². The first-order valence-electron chi connectivity index (χ1n) is 6.05. The van der Waals surface area contributed by atoms with Crippen LogP contribution in [0.15, 0.2) is 12.4 Å². The van der Waals surface area contributed by atoms with Gasteiger partial charge in [-0.25, -0.2) is 4.98 Å². The summed E-state index contributed by atoms with van der Waals surface area (Å²) in [4.78, 5) is 11.0. The molecule has 1 aliphatic carbocycles. The second kappa shape index (κ2) is 5.25. The van der Waals surface area contributed by atoms with Crippen molar-refractivity contribution in [3.8, 4) is 0 Å². The summed E-state index contributed by atoms with van der Waals surface area (Å²) in [5, 5.41) is 3.43. The van der Waals surface area contributed by atoms with Crippen molar-refractivity contribution >= 4 is 5.82 Å². The molecule has 1 saturated carbocycles. The highest BCUT2D eigenvalue weighted by molar-refractivity contribution is 5.34. The first kappa shape index (κ1) is 11.3. The minimum atomic E-state index is 0.726. The zero-order valence-corrected chi connectivity index (χ0v) is 10.1. The molecule has 2 rings (SSSR count). The van der Waals surface area contributed by atoms with Gasteiger partial charge in [-0.2, -0.15) is 0 Å². The molecule has 4 nitrogen and oxygen atoms in total. The molecule has 0 spiro atoms. The van der Waals surface area contributed by atoms with Crippen molar-refractivity contribution in [2.45, 2.75) is 38.8 Å². The molecule has 0 atom stereocenters. The first-order chi connectivity index (χ1) is 7.79. The van der Waals surface area contributed by atoms with E-state index in [0.717, 1.165) is 37.1 Å². The molecule has 0 aliphatic heterocycles. The fourth-order valence-corrected chi connectivity index (χ4v) is 1.62. The van der Waals surface area contributed by atoms with Gasteiger partial charge in [-0.15, -0.1) is 0 Å². The number of nitrogens with one attached hydrogen (secondary N) is 1. The average molecular weight is 220 g/mol. The van der Waals surface area contributed by atoms with Gasteiger partial charge >= 0.3 is 0 Å². The van der Waals surface area contributed by atoms with Gasteiger partial charge in [0.2, 0.25) is 0 Å². The van der Waals surface area contributed by atoms with E-state index in [0.29, 0.717) is 0 Å². The summed E-state index contributed by atoms with van der Waals surface area (Å²) in [6.07, 6.45) is 7.48. The van der Waals surface area contributed by atoms with Gasteiger partial charge in [-0.1, -0.05) is 6.92 Å². The zero-order valence-electron chi connectivity index (χ0n) is 10.1. The molecule has 88 valence electrons. The first-order valence-corrected chi connectivity index (χ1v) is 6.05. The van der Waals surface area contributed by atoms with Crippen molar-refractivity contribution in [3.05, 3.63) is 18.1 Å². The summed E-state index contributed by atoms with van der Waals surface area (Å²) in [7, 11) is 2.05. The molecular formula is C12H20N4. The number of hydrogen-bond acceptors (Lipinski definition) is 4. The van der Waals surface area contributed by atoms with E-state index in [9.17, 15) is 0 Å². The zero-order chi connectivity index (χ0) is 11.4. The van der Waals surface area contributed by atoms with Crippen molar-refractivity contribution in [1.82, 2.24) is 15.3 Å². The topological polar surface area (TPSA) is 41.1 Å². The Balaban J connectivity index is 1.87. The average Bonchev–Trinajstić information content (AvgIpc) is 3.11. The second-order valence-corrected chi connectivity index (χ2v) is 4.44. The molecule has 4 heteroatoms. The lowest BCUT2D eigenvalue weighted by molar-refractivity contribution is 0.671. The standard InChI is InChI=1S/C12H20N4/c1-3-6-16(2)12-9-14-11(8-15-12)7-13-10-4-5-10/h8-10,13H,3-7H2,1-2H3. The summed E-state index contributed by atoms with van der Waals surface area (Å²) < 4.78 is 0. The Labute approximate surface area is 97.1 Å². The lowest BCUT2D eigenvalue weighted by Gasteiger charge is -2.16. The Morgan fingerprint density at radius 1 is 1.38 bits per heavy atom. The third-order valence-corrected chi connectivity index (χ3v) is 2.79. The van der Waals surface area contributed by atoms with Crippen molar-refractivity contribution in [2.24, 2.45) is 0 Å². The molecule has 1 heterocycles. The van der Waals surface area contributed by atoms with Crippen LogP contribution in [0.25, 0.3) is 0 Å². The van der Waals surface area contributed by atoms with Gasteiger partial charge in [0, 0.05) is 26.2 Å². The third kappa shape index (κ3) is 3.17. The maximum absolute atomic E-state index is 4.42. The molecule has 1 fully saturated rings. The fourth-order valence-electron chi connectivity index (χ4n) is 1.62. The lowest BCUT2D eigenvalue weighted by Crippen LogP contribution is -2.20. The summed E-state index contributed by atoms with van der Waals surface area (Å²) in [6.45, 7) is 4.03. The van der Waals surface area contributed by atoms with Crippen LogP contribution in [-0.2, 0) is 6.54 Å². The summed E-state index contributed by atoms with van der Waals surface area (Å²) >= 11 is 0. The molecule has 0 bridgehead atoms. The van der Waals surface area contributed by atoms with Gasteiger partial charge in [-0.3, -0.25) is 4.98 Å². The molecule has 0 radical (unpaired) electrons. The van der Waals surface area contributed by atoms with Crippen LogP contribution in [0, 0.1) is 0 Å². The predicted octanol–water partition coefficient (Wildman–Crippen LogP) is 1.57. The molecule has 1 N–H and O–H groups in total. The smallest absolute Gasteiger partial charge is 0.146 e. The van der Waals surface area contributed by atoms with Crippen LogP contribution in [0.5, 0.6) is 0 Å². The second-order valence-electron chi connectivity index (χ2n) is 4.44. The number of hydrogen-bond donors (Lipinski definition) is 1. The summed E-state index contributed by atoms with van der Waals surface area (Å²) in [5.41, 5.74) is 1.03. The monoisotopic (exact) mass is 220 g/mol. The highest BCUT2D eigenvalue weighted by Crippen LogP contribution is 2.19. The number of anilines is 1. The Hall–Kier alpha value is -1.16. The van der Waals surface area contributed by atoms with Crippen LogP contribution >= 0.6 is 0 Å². The maximum atomic E-state index is 4.42. The van der Waals surface area contributed by atoms with E-state index in [1.54, 1.807) is 0 Å². The number of aromatic nitrogens is 2. The van der Waals surface area contributed by atoms with Crippen LogP contribution in [0.1, 0.15) is 31.9 Å². The summed E-state index contributed by atoms with van der Waals surface area (Å²) in [6, 6.07) is 0.726. The van der Waals surface area contributed by atoms with E-state index < -0.39 is 0 Å². The van der Waals surface area contributed by atoms with E-state index in [-0.39, 0.29) is 0 Å². The van der Waals surface area contributed by atoms with E-state index in [4.69, 9.17) is 0 Å². The Kier molecular flexibility index (Phi) is 3.72. The minimum Gasteiger partial charge on any atom is -0.358 e. The Morgan fingerprint density at radius 3 is 2.75 bits per heavy atom. The minimum absolute atomic E-state index is 0.726. The van der Waals surface area contributed by atoms with E-state index in [1.165, 1.54) is 12.8 Å². The molecule has 16 heavy (non-hydrogen) atoms. The number of nitrogens with zero attached hydrogens (tertiary/aromatic N) is 3. The fraction of sp³-hybridized carbons (Fsp3) is 0.667. The highest BCUT2D eigenvalue weighted by atomic mass is 15.2. The van der Waals surface area contributed by atoms with E-state index >= 15 is 0 Å². The van der Waals surface area contributed by atoms with Crippen LogP contribution in [0.3, 0.4) is 0 Å². The van der Waals surface area contributed by atoms with Gasteiger partial charge < -0.3 is 10.2 Å². The van der Waals surface area contributed by atoms with Crippen molar-refractivity contribution in [3.63, 3.8) is 0 Å². The van der Waals surface area contributed by atoms with Gasteiger partial charge in [-0.05, 0) is 19.3 Å². The van der Waals surface area contributed by atoms with Crippen molar-refractivity contribution in [2.75, 3.05) is 18.5 Å². The Bertz CT molecular complexity index is 318. The molecule has 0 unspecified atom stereocenters. The quantitative estimate of drug-likeness (QED) is 0.790. The van der Waals surface area contributed by atoms with Gasteiger partial charge in [0.1, 0.15) is 5.82 Å². The molecule has 0 amide bonds. The van der Waals surface area contributed by atoms with Gasteiger partial charge in [0.15, 0.2) is 0 Å².